The summed E-state index contributed by atoms with van der Waals surface area (Å²) in [5.41, 5.74) is -0.291. The Hall–Kier alpha value is -2.18. The standard InChI is InChI=1S/C26H35NO5/c1-16(2)26-14-20(27-21(29)15-28)25(4,32-26)19-12-10-17(3)23(19)24(26)31-22(30)13-11-18-8-6-5-7-9-18/h5-9,11,13,16-17,19-20,23-24,28H,10,12,14-15H2,1-4H3,(H,27,29)/b13-11+/t17-,19-,20-,23?,24+,25+,26-/m1/s1. The molecule has 1 aliphatic carbocycles. The summed E-state index contributed by atoms with van der Waals surface area (Å²) in [6.07, 6.45) is 5.44. The second kappa shape index (κ2) is 8.64. The molecule has 32 heavy (non-hydrogen) atoms. The zero-order valence-corrected chi connectivity index (χ0v) is 19.4. The maximum absolute atomic E-state index is 12.9. The van der Waals surface area contributed by atoms with E-state index in [-0.39, 0.29) is 35.9 Å². The summed E-state index contributed by atoms with van der Waals surface area (Å²) >= 11 is 0. The number of carbonyl (C=O) groups is 2. The fourth-order valence-electron chi connectivity index (χ4n) is 6.47. The van der Waals surface area contributed by atoms with Crippen LogP contribution in [0.3, 0.4) is 0 Å². The van der Waals surface area contributed by atoms with E-state index < -0.39 is 23.7 Å². The van der Waals surface area contributed by atoms with Gasteiger partial charge in [-0.15, -0.1) is 0 Å². The lowest BCUT2D eigenvalue weighted by atomic mass is 9.69. The molecule has 1 amide bonds. The number of hydrogen-bond donors (Lipinski definition) is 2. The fourth-order valence-corrected chi connectivity index (χ4v) is 6.47. The Morgan fingerprint density at radius 1 is 1.28 bits per heavy atom. The number of carbonyl (C=O) groups excluding carboxylic acids is 2. The minimum atomic E-state index is -0.682. The molecule has 1 aromatic carbocycles. The van der Waals surface area contributed by atoms with Crippen LogP contribution in [-0.4, -0.2) is 46.9 Å². The quantitative estimate of drug-likeness (QED) is 0.523. The van der Waals surface area contributed by atoms with E-state index >= 15 is 0 Å². The van der Waals surface area contributed by atoms with E-state index in [0.29, 0.717) is 12.3 Å². The minimum Gasteiger partial charge on any atom is -0.456 e. The van der Waals surface area contributed by atoms with Crippen LogP contribution in [0.25, 0.3) is 6.08 Å². The van der Waals surface area contributed by atoms with Crippen LogP contribution in [0.2, 0.25) is 0 Å². The first-order valence-corrected chi connectivity index (χ1v) is 11.8. The predicted molar refractivity (Wildman–Crippen MR) is 121 cm³/mol. The molecule has 6 heteroatoms. The van der Waals surface area contributed by atoms with Crippen LogP contribution in [0, 0.1) is 23.7 Å². The van der Waals surface area contributed by atoms with Gasteiger partial charge in [-0.3, -0.25) is 4.79 Å². The maximum Gasteiger partial charge on any atom is 0.331 e. The van der Waals surface area contributed by atoms with Gasteiger partial charge >= 0.3 is 5.97 Å². The summed E-state index contributed by atoms with van der Waals surface area (Å²) in [7, 11) is 0. The van der Waals surface area contributed by atoms with Crippen LogP contribution in [0.1, 0.15) is 52.5 Å². The molecule has 2 heterocycles. The van der Waals surface area contributed by atoms with Gasteiger partial charge in [0.25, 0.3) is 0 Å². The van der Waals surface area contributed by atoms with Gasteiger partial charge in [0.15, 0.2) is 0 Å². The number of ether oxygens (including phenoxy) is 2. The summed E-state index contributed by atoms with van der Waals surface area (Å²) in [5, 5.41) is 12.3. The average molecular weight is 442 g/mol. The molecule has 2 bridgehead atoms. The van der Waals surface area contributed by atoms with Crippen LogP contribution in [0.15, 0.2) is 36.4 Å². The monoisotopic (exact) mass is 441 g/mol. The van der Waals surface area contributed by atoms with Crippen molar-refractivity contribution in [2.75, 3.05) is 6.61 Å². The number of aliphatic hydroxyl groups excluding tert-OH is 1. The van der Waals surface area contributed by atoms with Gasteiger partial charge in [0.05, 0.1) is 11.6 Å². The molecule has 0 radical (unpaired) electrons. The minimum absolute atomic E-state index is 0.0857. The Balaban J connectivity index is 1.65. The van der Waals surface area contributed by atoms with Gasteiger partial charge in [-0.05, 0) is 49.2 Å². The lowest BCUT2D eigenvalue weighted by molar-refractivity contribution is -0.259. The Labute approximate surface area is 190 Å². The van der Waals surface area contributed by atoms with E-state index in [4.69, 9.17) is 9.47 Å². The van der Waals surface area contributed by atoms with Gasteiger partial charge in [0.1, 0.15) is 18.3 Å². The second-order valence-electron chi connectivity index (χ2n) is 10.2. The third-order valence-corrected chi connectivity index (χ3v) is 8.16. The van der Waals surface area contributed by atoms with Crippen molar-refractivity contribution in [2.24, 2.45) is 23.7 Å². The highest BCUT2D eigenvalue weighted by atomic mass is 16.6. The zero-order valence-electron chi connectivity index (χ0n) is 19.4. The van der Waals surface area contributed by atoms with Gasteiger partial charge in [-0.1, -0.05) is 51.1 Å². The number of fused-ring (bicyclic) bond motifs is 4. The number of aliphatic hydroxyl groups is 1. The number of amides is 1. The van der Waals surface area contributed by atoms with Gasteiger partial charge in [-0.25, -0.2) is 4.79 Å². The molecular formula is C26H35NO5. The summed E-state index contributed by atoms with van der Waals surface area (Å²) in [6, 6.07) is 9.44. The van der Waals surface area contributed by atoms with Crippen LogP contribution >= 0.6 is 0 Å². The Kier molecular flexibility index (Phi) is 6.21. The van der Waals surface area contributed by atoms with E-state index in [9.17, 15) is 14.7 Å². The molecule has 7 atom stereocenters. The lowest BCUT2D eigenvalue weighted by Crippen LogP contribution is -2.63. The van der Waals surface area contributed by atoms with Crippen molar-refractivity contribution < 1.29 is 24.2 Å². The van der Waals surface area contributed by atoms with Crippen LogP contribution in [-0.2, 0) is 19.1 Å². The zero-order chi connectivity index (χ0) is 23.1. The molecule has 1 unspecified atom stereocenters. The average Bonchev–Trinajstić information content (AvgIpc) is 3.28. The van der Waals surface area contributed by atoms with E-state index in [1.807, 2.05) is 30.3 Å². The summed E-state index contributed by atoms with van der Waals surface area (Å²) in [5.74, 6) is 0.0556. The topological polar surface area (TPSA) is 84.9 Å². The van der Waals surface area contributed by atoms with Crippen LogP contribution < -0.4 is 5.32 Å². The molecule has 6 nitrogen and oxygen atoms in total. The van der Waals surface area contributed by atoms with Crippen molar-refractivity contribution in [1.82, 2.24) is 5.32 Å². The Morgan fingerprint density at radius 2 is 2.00 bits per heavy atom. The number of benzene rings is 1. The summed E-state index contributed by atoms with van der Waals surface area (Å²) < 4.78 is 13.0. The molecule has 3 aliphatic rings. The van der Waals surface area contributed by atoms with Crippen LogP contribution in [0.5, 0.6) is 0 Å². The summed E-state index contributed by atoms with van der Waals surface area (Å²) in [6.45, 7) is 7.96. The third-order valence-electron chi connectivity index (χ3n) is 8.16. The van der Waals surface area contributed by atoms with Crippen molar-refractivity contribution in [2.45, 2.75) is 70.3 Å². The molecule has 0 spiro atoms. The molecule has 1 saturated carbocycles. The van der Waals surface area contributed by atoms with Gasteiger partial charge in [-0.2, -0.15) is 0 Å². The number of hydrogen-bond acceptors (Lipinski definition) is 5. The Morgan fingerprint density at radius 3 is 2.66 bits per heavy atom. The molecule has 2 aliphatic heterocycles. The first kappa shape index (κ1) is 23.0. The van der Waals surface area contributed by atoms with Crippen molar-refractivity contribution >= 4 is 18.0 Å². The number of rotatable bonds is 6. The van der Waals surface area contributed by atoms with E-state index in [1.54, 1.807) is 6.08 Å². The maximum atomic E-state index is 12.9. The van der Waals surface area contributed by atoms with Gasteiger partial charge in [0, 0.05) is 18.4 Å². The molecular weight excluding hydrogens is 406 g/mol. The van der Waals surface area contributed by atoms with Crippen LogP contribution in [0.4, 0.5) is 0 Å². The first-order valence-electron chi connectivity index (χ1n) is 11.8. The predicted octanol–water partition coefficient (Wildman–Crippen LogP) is 3.34. The molecule has 3 fully saturated rings. The van der Waals surface area contributed by atoms with E-state index in [0.717, 1.165) is 18.4 Å². The van der Waals surface area contributed by atoms with E-state index in [1.165, 1.54) is 6.08 Å². The fraction of sp³-hybridized carbons (Fsp3) is 0.615. The third kappa shape index (κ3) is 3.77. The normalized spacial score (nSPS) is 38.1. The lowest BCUT2D eigenvalue weighted by Gasteiger charge is -2.53. The van der Waals surface area contributed by atoms with Gasteiger partial charge < -0.3 is 19.9 Å². The molecule has 1 aromatic rings. The SMILES string of the molecule is CC(C)[C@@]12C[C@@H](NC(=O)CO)[C@@](C)(O1)[C@@H]1CC[C@@H](C)C1[C@@H]2OC(=O)/C=C/c1ccccc1. The highest BCUT2D eigenvalue weighted by Gasteiger charge is 2.71. The van der Waals surface area contributed by atoms with Crippen molar-refractivity contribution in [3.63, 3.8) is 0 Å². The Bertz CT molecular complexity index is 883. The van der Waals surface area contributed by atoms with Crippen molar-refractivity contribution in [3.8, 4) is 0 Å². The highest BCUT2D eigenvalue weighted by molar-refractivity contribution is 5.87. The highest BCUT2D eigenvalue weighted by Crippen LogP contribution is 2.62. The number of esters is 1. The first-order chi connectivity index (χ1) is 15.2. The van der Waals surface area contributed by atoms with E-state index in [2.05, 4.69) is 33.0 Å². The second-order valence-corrected chi connectivity index (χ2v) is 10.2. The van der Waals surface area contributed by atoms with Crippen molar-refractivity contribution in [3.05, 3.63) is 42.0 Å². The van der Waals surface area contributed by atoms with Crippen molar-refractivity contribution in [1.29, 1.82) is 0 Å². The largest absolute Gasteiger partial charge is 0.456 e. The molecule has 174 valence electrons. The van der Waals surface area contributed by atoms with Gasteiger partial charge in [0.2, 0.25) is 5.91 Å². The summed E-state index contributed by atoms with van der Waals surface area (Å²) in [4.78, 5) is 25.0. The smallest absolute Gasteiger partial charge is 0.331 e. The molecule has 2 N–H and O–H groups in total. The molecule has 2 saturated heterocycles. The molecule has 0 aromatic heterocycles. The molecule has 4 rings (SSSR count). The number of nitrogens with one attached hydrogen (secondary N) is 1.